The second-order valence-electron chi connectivity index (χ2n) is 4.08. The molecule has 18 heavy (non-hydrogen) atoms. The minimum absolute atomic E-state index is 0.763. The Morgan fingerprint density at radius 2 is 2.28 bits per heavy atom. The molecule has 0 amide bonds. The van der Waals surface area contributed by atoms with Gasteiger partial charge in [-0.3, -0.25) is 0 Å². The monoisotopic (exact) mass is 266 g/mol. The number of fused-ring (bicyclic) bond motifs is 1. The van der Waals surface area contributed by atoms with Crippen LogP contribution >= 0.6 is 11.3 Å². The lowest BCUT2D eigenvalue weighted by Gasteiger charge is -2.16. The van der Waals surface area contributed by atoms with Gasteiger partial charge in [0.25, 0.3) is 0 Å². The van der Waals surface area contributed by atoms with Crippen LogP contribution in [0.15, 0.2) is 17.8 Å². The molecule has 0 saturated carbocycles. The number of nitrogens with one attached hydrogen (secondary N) is 1. The molecule has 6 heteroatoms. The molecule has 0 bridgehead atoms. The maximum absolute atomic E-state index is 5.04. The summed E-state index contributed by atoms with van der Waals surface area (Å²) in [7, 11) is 3.81. The van der Waals surface area contributed by atoms with Gasteiger partial charge in [-0.15, -0.1) is 11.3 Å². The van der Waals surface area contributed by atoms with Crippen LogP contribution in [0.1, 0.15) is 0 Å². The normalized spacial score (nSPS) is 11.3. The Bertz CT molecular complexity index is 488. The zero-order valence-corrected chi connectivity index (χ0v) is 11.5. The van der Waals surface area contributed by atoms with Crippen LogP contribution in [0.4, 0.5) is 5.82 Å². The van der Waals surface area contributed by atoms with Crippen molar-refractivity contribution in [2.45, 2.75) is 0 Å². The average molecular weight is 266 g/mol. The topological polar surface area (TPSA) is 50.3 Å². The Labute approximate surface area is 111 Å². The molecule has 2 heterocycles. The maximum atomic E-state index is 5.04. The summed E-state index contributed by atoms with van der Waals surface area (Å²) in [6.07, 6.45) is 1.60. The molecule has 0 aliphatic heterocycles. The van der Waals surface area contributed by atoms with Gasteiger partial charge in [-0.2, -0.15) is 0 Å². The SMILES string of the molecule is COCCN(C)CCNc1ncnc2ccsc12. The van der Waals surface area contributed by atoms with Gasteiger partial charge >= 0.3 is 0 Å². The summed E-state index contributed by atoms with van der Waals surface area (Å²) in [5.74, 6) is 0.926. The van der Waals surface area contributed by atoms with Crippen molar-refractivity contribution < 1.29 is 4.74 Å². The van der Waals surface area contributed by atoms with Crippen molar-refractivity contribution in [3.05, 3.63) is 17.8 Å². The van der Waals surface area contributed by atoms with E-state index in [0.717, 1.165) is 42.3 Å². The van der Waals surface area contributed by atoms with E-state index in [1.54, 1.807) is 24.8 Å². The summed E-state index contributed by atoms with van der Waals surface area (Å²) in [6.45, 7) is 3.53. The number of rotatable bonds is 7. The third-order valence-electron chi connectivity index (χ3n) is 2.71. The van der Waals surface area contributed by atoms with Crippen LogP contribution in [-0.2, 0) is 4.74 Å². The zero-order valence-electron chi connectivity index (χ0n) is 10.7. The van der Waals surface area contributed by atoms with E-state index in [1.807, 2.05) is 11.4 Å². The number of hydrogen-bond acceptors (Lipinski definition) is 6. The lowest BCUT2D eigenvalue weighted by molar-refractivity contribution is 0.163. The number of nitrogens with zero attached hydrogens (tertiary/aromatic N) is 3. The Hall–Kier alpha value is -1.24. The van der Waals surface area contributed by atoms with E-state index in [-0.39, 0.29) is 0 Å². The smallest absolute Gasteiger partial charge is 0.147 e. The van der Waals surface area contributed by atoms with Gasteiger partial charge in [0.15, 0.2) is 0 Å². The van der Waals surface area contributed by atoms with E-state index >= 15 is 0 Å². The van der Waals surface area contributed by atoms with Crippen molar-refractivity contribution in [2.75, 3.05) is 45.7 Å². The molecule has 5 nitrogen and oxygen atoms in total. The highest BCUT2D eigenvalue weighted by atomic mass is 32.1. The van der Waals surface area contributed by atoms with Crippen LogP contribution in [0.2, 0.25) is 0 Å². The number of ether oxygens (including phenoxy) is 1. The fourth-order valence-corrected chi connectivity index (χ4v) is 2.45. The van der Waals surface area contributed by atoms with Crippen molar-refractivity contribution in [3.8, 4) is 0 Å². The molecule has 0 atom stereocenters. The molecule has 0 unspecified atom stereocenters. The molecule has 1 N–H and O–H groups in total. The van der Waals surface area contributed by atoms with Crippen molar-refractivity contribution in [3.63, 3.8) is 0 Å². The van der Waals surface area contributed by atoms with E-state index in [1.165, 1.54) is 0 Å². The van der Waals surface area contributed by atoms with E-state index < -0.39 is 0 Å². The van der Waals surface area contributed by atoms with E-state index in [0.29, 0.717) is 0 Å². The zero-order chi connectivity index (χ0) is 12.8. The van der Waals surface area contributed by atoms with Gasteiger partial charge in [0, 0.05) is 26.7 Å². The highest BCUT2D eigenvalue weighted by Crippen LogP contribution is 2.24. The molecule has 2 aromatic heterocycles. The summed E-state index contributed by atoms with van der Waals surface area (Å²) >= 11 is 1.67. The Morgan fingerprint density at radius 1 is 1.39 bits per heavy atom. The fraction of sp³-hybridized carbons (Fsp3) is 0.500. The average Bonchev–Trinajstić information content (AvgIpc) is 2.85. The van der Waals surface area contributed by atoms with Crippen molar-refractivity contribution in [1.82, 2.24) is 14.9 Å². The first-order valence-electron chi connectivity index (χ1n) is 5.91. The van der Waals surface area contributed by atoms with E-state index in [4.69, 9.17) is 4.74 Å². The standard InChI is InChI=1S/C12H18N4OS/c1-16(6-7-17-2)5-4-13-12-11-10(3-8-18-11)14-9-15-12/h3,8-9H,4-7H2,1-2H3,(H,13,14,15). The van der Waals surface area contributed by atoms with Gasteiger partial charge in [-0.1, -0.05) is 0 Å². The van der Waals surface area contributed by atoms with E-state index in [9.17, 15) is 0 Å². The second kappa shape index (κ2) is 6.63. The van der Waals surface area contributed by atoms with Crippen LogP contribution < -0.4 is 5.32 Å². The quantitative estimate of drug-likeness (QED) is 0.826. The molecule has 0 radical (unpaired) electrons. The Balaban J connectivity index is 1.85. The predicted octanol–water partition coefficient (Wildman–Crippen LogP) is 1.68. The Morgan fingerprint density at radius 3 is 3.11 bits per heavy atom. The Kier molecular flexibility index (Phi) is 4.86. The molecular weight excluding hydrogens is 248 g/mol. The van der Waals surface area contributed by atoms with Crippen LogP contribution in [0, 0.1) is 0 Å². The number of thiophene rings is 1. The second-order valence-corrected chi connectivity index (χ2v) is 5.00. The third-order valence-corrected chi connectivity index (χ3v) is 3.62. The summed E-state index contributed by atoms with van der Waals surface area (Å²) in [5, 5.41) is 5.39. The van der Waals surface area contributed by atoms with Gasteiger partial charge in [-0.05, 0) is 18.5 Å². The fourth-order valence-electron chi connectivity index (χ4n) is 1.64. The first-order valence-corrected chi connectivity index (χ1v) is 6.79. The first kappa shape index (κ1) is 13.2. The van der Waals surface area contributed by atoms with Gasteiger partial charge in [0.2, 0.25) is 0 Å². The molecule has 0 spiro atoms. The summed E-state index contributed by atoms with van der Waals surface area (Å²) < 4.78 is 6.17. The molecule has 0 aliphatic rings. The van der Waals surface area contributed by atoms with Crippen LogP contribution in [0.3, 0.4) is 0 Å². The molecular formula is C12H18N4OS. The summed E-state index contributed by atoms with van der Waals surface area (Å²) in [6, 6.07) is 2.01. The largest absolute Gasteiger partial charge is 0.383 e. The molecule has 0 saturated heterocycles. The lowest BCUT2D eigenvalue weighted by Crippen LogP contribution is -2.28. The lowest BCUT2D eigenvalue weighted by atomic mass is 10.4. The number of likely N-dealkylation sites (N-methyl/N-ethyl adjacent to an activating group) is 1. The van der Waals surface area contributed by atoms with Gasteiger partial charge in [0.05, 0.1) is 16.8 Å². The van der Waals surface area contributed by atoms with Crippen molar-refractivity contribution in [2.24, 2.45) is 0 Å². The van der Waals surface area contributed by atoms with Gasteiger partial charge in [0.1, 0.15) is 12.1 Å². The molecule has 0 aromatic carbocycles. The highest BCUT2D eigenvalue weighted by Gasteiger charge is 2.04. The number of hydrogen-bond donors (Lipinski definition) is 1. The summed E-state index contributed by atoms with van der Waals surface area (Å²) in [5.41, 5.74) is 1.00. The number of methoxy groups -OCH3 is 1. The van der Waals surface area contributed by atoms with Crippen molar-refractivity contribution in [1.29, 1.82) is 0 Å². The predicted molar refractivity (Wildman–Crippen MR) is 75.3 cm³/mol. The molecule has 2 rings (SSSR count). The summed E-state index contributed by atoms with van der Waals surface area (Å²) in [4.78, 5) is 10.7. The van der Waals surface area contributed by atoms with E-state index in [2.05, 4.69) is 27.2 Å². The number of aromatic nitrogens is 2. The number of anilines is 1. The van der Waals surface area contributed by atoms with Crippen LogP contribution in [0.25, 0.3) is 10.2 Å². The molecule has 98 valence electrons. The molecule has 0 aliphatic carbocycles. The van der Waals surface area contributed by atoms with Gasteiger partial charge in [-0.25, -0.2) is 9.97 Å². The minimum atomic E-state index is 0.763. The van der Waals surface area contributed by atoms with Crippen LogP contribution in [-0.4, -0.2) is 55.3 Å². The molecule has 0 fully saturated rings. The van der Waals surface area contributed by atoms with Crippen molar-refractivity contribution >= 4 is 27.4 Å². The van der Waals surface area contributed by atoms with Crippen LogP contribution in [0.5, 0.6) is 0 Å². The minimum Gasteiger partial charge on any atom is -0.383 e. The van der Waals surface area contributed by atoms with Gasteiger partial charge < -0.3 is 15.0 Å². The maximum Gasteiger partial charge on any atom is 0.147 e. The highest BCUT2D eigenvalue weighted by molar-refractivity contribution is 7.17. The molecule has 2 aromatic rings. The third kappa shape index (κ3) is 3.38. The first-order chi connectivity index (χ1) is 8.81.